The summed E-state index contributed by atoms with van der Waals surface area (Å²) in [6, 6.07) is 0. The summed E-state index contributed by atoms with van der Waals surface area (Å²) in [6.45, 7) is 5.85. The Morgan fingerprint density at radius 1 is 1.56 bits per heavy atom. The zero-order valence-electron chi connectivity index (χ0n) is 11.3. The number of rotatable bonds is 7. The summed E-state index contributed by atoms with van der Waals surface area (Å²) in [7, 11) is 0. The summed E-state index contributed by atoms with van der Waals surface area (Å²) >= 11 is 0. The molecule has 1 aromatic rings. The standard InChI is InChI=1S/C13H24N4O/c1-10(2)6-17-12(15-9-16-17)5-13(7-14,8-18)11-3-4-11/h9-11,18H,3-8,14H2,1-2H3. The van der Waals surface area contributed by atoms with E-state index in [1.54, 1.807) is 6.33 Å². The van der Waals surface area contributed by atoms with Crippen LogP contribution in [0, 0.1) is 17.3 Å². The van der Waals surface area contributed by atoms with Crippen molar-refractivity contribution in [3.8, 4) is 0 Å². The van der Waals surface area contributed by atoms with Crippen LogP contribution >= 0.6 is 0 Å². The Labute approximate surface area is 108 Å². The van der Waals surface area contributed by atoms with Gasteiger partial charge in [0, 0.05) is 24.9 Å². The normalized spacial score (nSPS) is 19.2. The van der Waals surface area contributed by atoms with Gasteiger partial charge in [0.05, 0.1) is 6.61 Å². The molecule has 1 fully saturated rings. The molecule has 5 nitrogen and oxygen atoms in total. The fourth-order valence-electron chi connectivity index (χ4n) is 2.57. The maximum atomic E-state index is 9.72. The molecule has 0 bridgehead atoms. The largest absolute Gasteiger partial charge is 0.396 e. The Balaban J connectivity index is 2.13. The number of hydrogen-bond acceptors (Lipinski definition) is 4. The van der Waals surface area contributed by atoms with E-state index >= 15 is 0 Å². The van der Waals surface area contributed by atoms with Crippen LogP contribution in [-0.2, 0) is 13.0 Å². The monoisotopic (exact) mass is 252 g/mol. The minimum absolute atomic E-state index is 0.142. The van der Waals surface area contributed by atoms with Crippen LogP contribution in [0.4, 0.5) is 0 Å². The van der Waals surface area contributed by atoms with Crippen molar-refractivity contribution in [2.75, 3.05) is 13.2 Å². The van der Waals surface area contributed by atoms with Gasteiger partial charge in [0.15, 0.2) is 0 Å². The lowest BCUT2D eigenvalue weighted by molar-refractivity contribution is 0.105. The quantitative estimate of drug-likeness (QED) is 0.753. The second-order valence-electron chi connectivity index (χ2n) is 5.93. The molecule has 0 spiro atoms. The van der Waals surface area contributed by atoms with Gasteiger partial charge in [-0.2, -0.15) is 5.10 Å². The first-order valence-electron chi connectivity index (χ1n) is 6.79. The minimum atomic E-state index is -0.193. The van der Waals surface area contributed by atoms with Gasteiger partial charge in [0.2, 0.25) is 0 Å². The molecule has 3 N–H and O–H groups in total. The summed E-state index contributed by atoms with van der Waals surface area (Å²) in [6.07, 6.45) is 4.69. The summed E-state index contributed by atoms with van der Waals surface area (Å²) in [4.78, 5) is 4.35. The highest BCUT2D eigenvalue weighted by atomic mass is 16.3. The number of aliphatic hydroxyl groups is 1. The van der Waals surface area contributed by atoms with E-state index in [2.05, 4.69) is 23.9 Å². The maximum Gasteiger partial charge on any atom is 0.138 e. The van der Waals surface area contributed by atoms with Crippen LogP contribution in [0.1, 0.15) is 32.5 Å². The molecule has 2 rings (SSSR count). The van der Waals surface area contributed by atoms with Crippen LogP contribution in [-0.4, -0.2) is 33.0 Å². The van der Waals surface area contributed by atoms with Gasteiger partial charge in [-0.15, -0.1) is 0 Å². The average molecular weight is 252 g/mol. The van der Waals surface area contributed by atoms with Crippen LogP contribution in [0.5, 0.6) is 0 Å². The fraction of sp³-hybridized carbons (Fsp3) is 0.846. The van der Waals surface area contributed by atoms with E-state index in [-0.39, 0.29) is 12.0 Å². The molecular weight excluding hydrogens is 228 g/mol. The highest BCUT2D eigenvalue weighted by Gasteiger charge is 2.44. The molecule has 1 aliphatic carbocycles. The second kappa shape index (κ2) is 5.36. The molecule has 0 aliphatic heterocycles. The molecule has 0 aromatic carbocycles. The van der Waals surface area contributed by atoms with E-state index in [9.17, 15) is 5.11 Å². The minimum Gasteiger partial charge on any atom is -0.396 e. The van der Waals surface area contributed by atoms with Gasteiger partial charge in [-0.05, 0) is 24.7 Å². The molecule has 0 radical (unpaired) electrons. The van der Waals surface area contributed by atoms with Crippen LogP contribution in [0.25, 0.3) is 0 Å². The lowest BCUT2D eigenvalue weighted by atomic mass is 9.80. The number of hydrogen-bond donors (Lipinski definition) is 2. The molecule has 5 heteroatoms. The van der Waals surface area contributed by atoms with Crippen molar-refractivity contribution in [2.45, 2.75) is 39.7 Å². The summed E-state index contributed by atoms with van der Waals surface area (Å²) in [5.74, 6) is 2.04. The van der Waals surface area contributed by atoms with Gasteiger partial charge >= 0.3 is 0 Å². The zero-order valence-corrected chi connectivity index (χ0v) is 11.3. The van der Waals surface area contributed by atoms with Crippen molar-refractivity contribution < 1.29 is 5.11 Å². The average Bonchev–Trinajstić information content (AvgIpc) is 3.11. The van der Waals surface area contributed by atoms with Gasteiger partial charge in [-0.25, -0.2) is 9.67 Å². The topological polar surface area (TPSA) is 77.0 Å². The first-order valence-corrected chi connectivity index (χ1v) is 6.79. The van der Waals surface area contributed by atoms with E-state index in [0.717, 1.165) is 18.8 Å². The predicted octanol–water partition coefficient (Wildman–Crippen LogP) is 0.824. The van der Waals surface area contributed by atoms with Crippen molar-refractivity contribution in [3.05, 3.63) is 12.2 Å². The molecule has 18 heavy (non-hydrogen) atoms. The smallest absolute Gasteiger partial charge is 0.138 e. The molecule has 102 valence electrons. The maximum absolute atomic E-state index is 9.72. The first-order chi connectivity index (χ1) is 8.61. The van der Waals surface area contributed by atoms with Crippen molar-refractivity contribution in [2.24, 2.45) is 23.0 Å². The van der Waals surface area contributed by atoms with Crippen LogP contribution < -0.4 is 5.73 Å². The third kappa shape index (κ3) is 2.72. The van der Waals surface area contributed by atoms with Crippen molar-refractivity contribution in [3.63, 3.8) is 0 Å². The SMILES string of the molecule is CC(C)Cn1ncnc1CC(CN)(CO)C1CC1. The van der Waals surface area contributed by atoms with Crippen molar-refractivity contribution in [1.29, 1.82) is 0 Å². The van der Waals surface area contributed by atoms with E-state index in [1.165, 1.54) is 12.8 Å². The third-order valence-corrected chi connectivity index (χ3v) is 3.91. The molecule has 0 saturated heterocycles. The lowest BCUT2D eigenvalue weighted by Crippen LogP contribution is -2.39. The Morgan fingerprint density at radius 3 is 2.78 bits per heavy atom. The molecule has 1 heterocycles. The Morgan fingerprint density at radius 2 is 2.28 bits per heavy atom. The van der Waals surface area contributed by atoms with Crippen LogP contribution in [0.15, 0.2) is 6.33 Å². The molecular formula is C13H24N4O. The molecule has 1 unspecified atom stereocenters. The second-order valence-corrected chi connectivity index (χ2v) is 5.93. The van der Waals surface area contributed by atoms with Gasteiger partial charge in [-0.3, -0.25) is 0 Å². The van der Waals surface area contributed by atoms with Gasteiger partial charge < -0.3 is 10.8 Å². The van der Waals surface area contributed by atoms with Gasteiger partial charge in [-0.1, -0.05) is 13.8 Å². The van der Waals surface area contributed by atoms with Gasteiger partial charge in [0.25, 0.3) is 0 Å². The number of aliphatic hydroxyl groups excluding tert-OH is 1. The molecule has 1 aromatic heterocycles. The van der Waals surface area contributed by atoms with Crippen molar-refractivity contribution in [1.82, 2.24) is 14.8 Å². The Hall–Kier alpha value is -0.940. The van der Waals surface area contributed by atoms with Crippen LogP contribution in [0.2, 0.25) is 0 Å². The first kappa shape index (κ1) is 13.5. The third-order valence-electron chi connectivity index (χ3n) is 3.91. The van der Waals surface area contributed by atoms with E-state index in [0.29, 0.717) is 18.4 Å². The summed E-state index contributed by atoms with van der Waals surface area (Å²) in [5, 5.41) is 14.0. The molecule has 1 saturated carbocycles. The fourth-order valence-corrected chi connectivity index (χ4v) is 2.57. The van der Waals surface area contributed by atoms with Gasteiger partial charge in [0.1, 0.15) is 12.2 Å². The predicted molar refractivity (Wildman–Crippen MR) is 69.9 cm³/mol. The molecule has 0 amide bonds. The highest BCUT2D eigenvalue weighted by molar-refractivity contribution is 5.02. The Kier molecular flexibility index (Phi) is 4.02. The Bertz CT molecular complexity index is 380. The number of aromatic nitrogens is 3. The highest BCUT2D eigenvalue weighted by Crippen LogP contribution is 2.46. The number of nitrogens with zero attached hydrogens (tertiary/aromatic N) is 3. The molecule has 1 atom stereocenters. The summed E-state index contributed by atoms with van der Waals surface area (Å²) in [5.41, 5.74) is 5.72. The summed E-state index contributed by atoms with van der Waals surface area (Å²) < 4.78 is 1.95. The van der Waals surface area contributed by atoms with E-state index in [4.69, 9.17) is 5.73 Å². The van der Waals surface area contributed by atoms with E-state index < -0.39 is 0 Å². The number of nitrogens with two attached hydrogens (primary N) is 1. The molecule has 1 aliphatic rings. The van der Waals surface area contributed by atoms with E-state index in [1.807, 2.05) is 4.68 Å². The lowest BCUT2D eigenvalue weighted by Gasteiger charge is -2.30. The van der Waals surface area contributed by atoms with Crippen molar-refractivity contribution >= 4 is 0 Å². The zero-order chi connectivity index (χ0) is 13.2. The van der Waals surface area contributed by atoms with Crippen LogP contribution in [0.3, 0.4) is 0 Å².